The lowest BCUT2D eigenvalue weighted by molar-refractivity contribution is 0.0689. The first kappa shape index (κ1) is 15.7. The molecule has 0 bridgehead atoms. The summed E-state index contributed by atoms with van der Waals surface area (Å²) in [6.45, 7) is 0. The van der Waals surface area contributed by atoms with Gasteiger partial charge in [0, 0.05) is 18.4 Å². The second kappa shape index (κ2) is 6.54. The lowest BCUT2D eigenvalue weighted by Crippen LogP contribution is -2.15. The largest absolute Gasteiger partial charge is 0.492 e. The van der Waals surface area contributed by atoms with Gasteiger partial charge in [-0.25, -0.2) is 4.79 Å². The van der Waals surface area contributed by atoms with E-state index in [2.05, 4.69) is 5.10 Å². The highest BCUT2D eigenvalue weighted by atomic mass is 32.2. The summed E-state index contributed by atoms with van der Waals surface area (Å²) in [6.07, 6.45) is 1.21. The van der Waals surface area contributed by atoms with E-state index in [0.29, 0.717) is 17.2 Å². The summed E-state index contributed by atoms with van der Waals surface area (Å²) in [5.41, 5.74) is 1.44. The van der Waals surface area contributed by atoms with Crippen molar-refractivity contribution in [3.8, 4) is 22.8 Å². The number of para-hydroxylation sites is 1. The number of methoxy groups -OCH3 is 1. The van der Waals surface area contributed by atoms with Crippen molar-refractivity contribution in [1.29, 1.82) is 0 Å². The minimum absolute atomic E-state index is 0.00284. The number of rotatable bonds is 5. The van der Waals surface area contributed by atoms with Crippen LogP contribution < -0.4 is 9.47 Å². The molecule has 1 fully saturated rings. The smallest absolute Gasteiger partial charge is 0.356 e. The summed E-state index contributed by atoms with van der Waals surface area (Å²) < 4.78 is 13.1. The van der Waals surface area contributed by atoms with E-state index in [0.717, 1.165) is 23.5 Å². The molecule has 23 heavy (non-hydrogen) atoms. The van der Waals surface area contributed by atoms with E-state index in [1.54, 1.807) is 14.2 Å². The number of hydrogen-bond donors (Lipinski definition) is 1. The molecule has 3 rings (SSSR count). The molecule has 2 aromatic rings. The maximum absolute atomic E-state index is 11.1. The number of carboxylic acids is 1. The van der Waals surface area contributed by atoms with Crippen molar-refractivity contribution in [3.63, 3.8) is 0 Å². The number of carbonyl (C=O) groups is 1. The van der Waals surface area contributed by atoms with Crippen LogP contribution in [0, 0.1) is 0 Å². The molecule has 0 spiro atoms. The van der Waals surface area contributed by atoms with Crippen LogP contribution in [0.15, 0.2) is 24.3 Å². The highest BCUT2D eigenvalue weighted by Crippen LogP contribution is 2.39. The number of carboxylic acid groups (broad SMARTS) is 1. The van der Waals surface area contributed by atoms with Gasteiger partial charge >= 0.3 is 5.97 Å². The number of benzene rings is 1. The molecule has 0 saturated carbocycles. The van der Waals surface area contributed by atoms with E-state index in [1.165, 1.54) is 10.7 Å². The Balaban J connectivity index is 2.00. The average Bonchev–Trinajstić information content (AvgIpc) is 3.16. The van der Waals surface area contributed by atoms with Crippen LogP contribution in [0.2, 0.25) is 0 Å². The Morgan fingerprint density at radius 3 is 2.91 bits per heavy atom. The normalized spacial score (nSPS) is 17.2. The molecular weight excluding hydrogens is 316 g/mol. The van der Waals surface area contributed by atoms with Crippen molar-refractivity contribution in [2.24, 2.45) is 7.05 Å². The van der Waals surface area contributed by atoms with Crippen molar-refractivity contribution in [2.45, 2.75) is 12.5 Å². The lowest BCUT2D eigenvalue weighted by Gasteiger charge is -2.17. The molecular formula is C16H18N2O4S. The zero-order valence-electron chi connectivity index (χ0n) is 13.0. The number of aryl methyl sites for hydroxylation is 1. The Morgan fingerprint density at radius 2 is 2.30 bits per heavy atom. The van der Waals surface area contributed by atoms with Gasteiger partial charge in [0.15, 0.2) is 17.2 Å². The number of ether oxygens (including phenoxy) is 2. The monoisotopic (exact) mass is 334 g/mol. The molecule has 1 atom stereocenters. The van der Waals surface area contributed by atoms with E-state index < -0.39 is 5.97 Å². The number of thioether (sulfide) groups is 1. The van der Waals surface area contributed by atoms with Crippen LogP contribution in [-0.2, 0) is 7.05 Å². The van der Waals surface area contributed by atoms with Gasteiger partial charge in [0.25, 0.3) is 0 Å². The third kappa shape index (κ3) is 3.14. The van der Waals surface area contributed by atoms with E-state index >= 15 is 0 Å². The average molecular weight is 334 g/mol. The summed E-state index contributed by atoms with van der Waals surface area (Å²) in [5.74, 6) is 2.31. The van der Waals surface area contributed by atoms with Gasteiger partial charge in [-0.05, 0) is 30.4 Å². The molecule has 1 unspecified atom stereocenters. The third-order valence-electron chi connectivity index (χ3n) is 3.74. The van der Waals surface area contributed by atoms with Crippen molar-refractivity contribution >= 4 is 17.7 Å². The van der Waals surface area contributed by atoms with Crippen LogP contribution in [0.3, 0.4) is 0 Å². The second-order valence-corrected chi connectivity index (χ2v) is 6.43. The molecule has 1 aliphatic rings. The summed E-state index contributed by atoms with van der Waals surface area (Å²) in [4.78, 5) is 11.1. The number of nitrogens with zero attached hydrogens (tertiary/aromatic N) is 2. The van der Waals surface area contributed by atoms with Crippen molar-refractivity contribution in [2.75, 3.05) is 18.6 Å². The molecule has 122 valence electrons. The van der Waals surface area contributed by atoms with E-state index in [9.17, 15) is 4.79 Å². The zero-order valence-corrected chi connectivity index (χ0v) is 13.8. The fraction of sp³-hybridized carbons (Fsp3) is 0.375. The Hall–Kier alpha value is -2.15. The third-order valence-corrected chi connectivity index (χ3v) is 4.87. The number of hydrogen-bond acceptors (Lipinski definition) is 5. The van der Waals surface area contributed by atoms with Crippen LogP contribution in [0.4, 0.5) is 0 Å². The van der Waals surface area contributed by atoms with Crippen LogP contribution in [0.5, 0.6) is 11.5 Å². The molecule has 0 radical (unpaired) electrons. The Labute approximate surface area is 138 Å². The lowest BCUT2D eigenvalue weighted by atomic mass is 10.1. The predicted octanol–water partition coefficient (Wildman–Crippen LogP) is 2.68. The highest BCUT2D eigenvalue weighted by Gasteiger charge is 2.22. The van der Waals surface area contributed by atoms with Crippen LogP contribution in [0.1, 0.15) is 16.9 Å². The Kier molecular flexibility index (Phi) is 4.47. The molecule has 1 aliphatic heterocycles. The minimum Gasteiger partial charge on any atom is -0.492 e. The van der Waals surface area contributed by atoms with Gasteiger partial charge in [-0.15, -0.1) is 0 Å². The minimum atomic E-state index is -1.05. The molecule has 0 amide bonds. The molecule has 0 aliphatic carbocycles. The Bertz CT molecular complexity index is 723. The predicted molar refractivity (Wildman–Crippen MR) is 88.5 cm³/mol. The molecule has 6 nitrogen and oxygen atoms in total. The Morgan fingerprint density at radius 1 is 1.48 bits per heavy atom. The van der Waals surface area contributed by atoms with Gasteiger partial charge in [-0.1, -0.05) is 6.07 Å². The SMILES string of the molecule is COc1c(OC2CCSC2)cccc1-c1cc(C(=O)O)nn1C. The fourth-order valence-electron chi connectivity index (χ4n) is 2.63. The van der Waals surface area contributed by atoms with Gasteiger partial charge in [0.05, 0.1) is 12.8 Å². The molecule has 1 saturated heterocycles. The summed E-state index contributed by atoms with van der Waals surface area (Å²) >= 11 is 1.88. The van der Waals surface area contributed by atoms with Gasteiger partial charge in [-0.3, -0.25) is 4.68 Å². The molecule has 1 aromatic carbocycles. The van der Waals surface area contributed by atoms with Gasteiger partial charge in [0.2, 0.25) is 0 Å². The highest BCUT2D eigenvalue weighted by molar-refractivity contribution is 7.99. The van der Waals surface area contributed by atoms with Gasteiger partial charge in [0.1, 0.15) is 6.10 Å². The zero-order chi connectivity index (χ0) is 16.4. The van der Waals surface area contributed by atoms with Crippen molar-refractivity contribution < 1.29 is 19.4 Å². The van der Waals surface area contributed by atoms with Crippen molar-refractivity contribution in [1.82, 2.24) is 9.78 Å². The summed E-state index contributed by atoms with van der Waals surface area (Å²) in [5, 5.41) is 13.1. The molecule has 1 N–H and O–H groups in total. The van der Waals surface area contributed by atoms with Crippen LogP contribution >= 0.6 is 11.8 Å². The van der Waals surface area contributed by atoms with E-state index in [1.807, 2.05) is 30.0 Å². The van der Waals surface area contributed by atoms with Crippen molar-refractivity contribution in [3.05, 3.63) is 30.0 Å². The first-order chi connectivity index (χ1) is 11.1. The first-order valence-electron chi connectivity index (χ1n) is 7.29. The molecule has 7 heteroatoms. The van der Waals surface area contributed by atoms with Gasteiger partial charge in [-0.2, -0.15) is 16.9 Å². The maximum atomic E-state index is 11.1. The second-order valence-electron chi connectivity index (χ2n) is 5.28. The maximum Gasteiger partial charge on any atom is 0.356 e. The topological polar surface area (TPSA) is 73.6 Å². The molecule has 1 aromatic heterocycles. The van der Waals surface area contributed by atoms with Crippen LogP contribution in [0.25, 0.3) is 11.3 Å². The quantitative estimate of drug-likeness (QED) is 0.906. The molecule has 2 heterocycles. The number of aromatic nitrogens is 2. The van der Waals surface area contributed by atoms with E-state index in [4.69, 9.17) is 14.6 Å². The van der Waals surface area contributed by atoms with Gasteiger partial charge < -0.3 is 14.6 Å². The van der Waals surface area contributed by atoms with Crippen LogP contribution in [-0.4, -0.2) is 45.6 Å². The summed E-state index contributed by atoms with van der Waals surface area (Å²) in [7, 11) is 3.30. The van der Waals surface area contributed by atoms with E-state index in [-0.39, 0.29) is 11.8 Å². The summed E-state index contributed by atoms with van der Waals surface area (Å²) in [6, 6.07) is 7.16. The standard InChI is InChI=1S/C16H18N2O4S/c1-18-13(8-12(17-18)16(19)20)11-4-3-5-14(15(11)21-2)22-10-6-7-23-9-10/h3-5,8,10H,6-7,9H2,1-2H3,(H,19,20). The first-order valence-corrected chi connectivity index (χ1v) is 8.44. The fourth-order valence-corrected chi connectivity index (χ4v) is 3.72. The number of aromatic carboxylic acids is 1.